The first-order valence-corrected chi connectivity index (χ1v) is 9.26. The number of allylic oxidation sites excluding steroid dienone is 1. The van der Waals surface area contributed by atoms with E-state index in [9.17, 15) is 13.2 Å². The molecule has 31 heavy (non-hydrogen) atoms. The Balaban J connectivity index is 1.74. The van der Waals surface area contributed by atoms with Crippen molar-refractivity contribution in [2.45, 2.75) is 19.8 Å². The smallest absolute Gasteiger partial charge is 0.406 e. The number of hydrogen-bond donors (Lipinski definition) is 2. The van der Waals surface area contributed by atoms with E-state index >= 15 is 0 Å². The highest BCUT2D eigenvalue weighted by molar-refractivity contribution is 6.09. The van der Waals surface area contributed by atoms with Crippen molar-refractivity contribution in [2.75, 3.05) is 5.32 Å². The van der Waals surface area contributed by atoms with Crippen LogP contribution in [0.25, 0.3) is 5.57 Å². The van der Waals surface area contributed by atoms with Crippen LogP contribution in [-0.4, -0.2) is 22.5 Å². The maximum atomic E-state index is 12.3. The van der Waals surface area contributed by atoms with Gasteiger partial charge in [0.05, 0.1) is 12.2 Å². The van der Waals surface area contributed by atoms with Gasteiger partial charge in [0.2, 0.25) is 0 Å². The molecule has 0 aliphatic carbocycles. The molecule has 3 N–H and O–H groups in total. The first-order chi connectivity index (χ1) is 14.9. The third kappa shape index (κ3) is 6.30. The topological polar surface area (TPSA) is 85.4 Å². The lowest BCUT2D eigenvalue weighted by molar-refractivity contribution is -0.274. The van der Waals surface area contributed by atoms with Gasteiger partial charge in [-0.2, -0.15) is 0 Å². The molecule has 0 saturated carbocycles. The molecule has 6 nitrogen and oxygen atoms in total. The Morgan fingerprint density at radius 2 is 1.81 bits per heavy atom. The van der Waals surface area contributed by atoms with Gasteiger partial charge < -0.3 is 15.8 Å². The van der Waals surface area contributed by atoms with Crippen LogP contribution in [0.15, 0.2) is 72.1 Å². The van der Waals surface area contributed by atoms with Gasteiger partial charge >= 0.3 is 6.36 Å². The fourth-order valence-electron chi connectivity index (χ4n) is 2.76. The Hall–Kier alpha value is -3.88. The van der Waals surface area contributed by atoms with Crippen molar-refractivity contribution in [3.05, 3.63) is 83.9 Å². The van der Waals surface area contributed by atoms with E-state index in [-0.39, 0.29) is 5.75 Å². The Morgan fingerprint density at radius 3 is 2.45 bits per heavy atom. The second kappa shape index (κ2) is 9.75. The normalized spacial score (nSPS) is 12.2. The number of ether oxygens (including phenoxy) is 1. The van der Waals surface area contributed by atoms with Gasteiger partial charge in [0.15, 0.2) is 0 Å². The lowest BCUT2D eigenvalue weighted by Crippen LogP contribution is -2.17. The SMILES string of the molecule is Cc1c(Nc2ccc(OC(F)(F)F)cc2)ncnc1C(C=NCc1ccccc1)=CN. The quantitative estimate of drug-likeness (QED) is 0.519. The van der Waals surface area contributed by atoms with Crippen LogP contribution in [0.5, 0.6) is 5.75 Å². The second-order valence-electron chi connectivity index (χ2n) is 6.47. The zero-order valence-corrected chi connectivity index (χ0v) is 16.6. The van der Waals surface area contributed by atoms with Crippen molar-refractivity contribution < 1.29 is 17.9 Å². The minimum absolute atomic E-state index is 0.305. The Labute approximate surface area is 177 Å². The van der Waals surface area contributed by atoms with E-state index in [1.54, 1.807) is 6.21 Å². The molecule has 3 rings (SSSR count). The molecular formula is C22H20F3N5O. The maximum Gasteiger partial charge on any atom is 0.573 e. The molecule has 0 aliphatic heterocycles. The van der Waals surface area contributed by atoms with Crippen molar-refractivity contribution in [1.29, 1.82) is 0 Å². The second-order valence-corrected chi connectivity index (χ2v) is 6.47. The standard InChI is InChI=1S/C22H20F3N5O/c1-15-20(17(11-26)13-27-12-16-5-3-2-4-6-16)28-14-29-21(15)30-18-7-9-19(10-8-18)31-22(23,24)25/h2-11,13-14H,12,26H2,1H3,(H,28,29,30). The van der Waals surface area contributed by atoms with Gasteiger partial charge in [0, 0.05) is 29.2 Å². The number of aromatic nitrogens is 2. The molecule has 0 bridgehead atoms. The first kappa shape index (κ1) is 21.8. The van der Waals surface area contributed by atoms with Crippen LogP contribution in [0, 0.1) is 6.92 Å². The fraction of sp³-hybridized carbons (Fsp3) is 0.136. The zero-order valence-electron chi connectivity index (χ0n) is 16.6. The summed E-state index contributed by atoms with van der Waals surface area (Å²) < 4.78 is 40.8. The molecule has 2 aromatic carbocycles. The predicted molar refractivity (Wildman–Crippen MR) is 114 cm³/mol. The van der Waals surface area contributed by atoms with Crippen molar-refractivity contribution in [3.63, 3.8) is 0 Å². The van der Waals surface area contributed by atoms with Crippen LogP contribution in [0.3, 0.4) is 0 Å². The number of rotatable bonds is 7. The fourth-order valence-corrected chi connectivity index (χ4v) is 2.76. The number of hydrogen-bond acceptors (Lipinski definition) is 6. The zero-order chi connectivity index (χ0) is 22.3. The molecule has 0 fully saturated rings. The molecule has 160 valence electrons. The summed E-state index contributed by atoms with van der Waals surface area (Å²) >= 11 is 0. The van der Waals surface area contributed by atoms with Crippen LogP contribution < -0.4 is 15.8 Å². The van der Waals surface area contributed by atoms with Crippen molar-refractivity contribution in [3.8, 4) is 5.75 Å². The number of halogens is 3. The Morgan fingerprint density at radius 1 is 1.10 bits per heavy atom. The van der Waals surface area contributed by atoms with E-state index in [0.29, 0.717) is 34.9 Å². The third-order valence-electron chi connectivity index (χ3n) is 4.23. The summed E-state index contributed by atoms with van der Waals surface area (Å²) in [6, 6.07) is 15.1. The van der Waals surface area contributed by atoms with Crippen molar-refractivity contribution in [1.82, 2.24) is 9.97 Å². The van der Waals surface area contributed by atoms with E-state index in [4.69, 9.17) is 5.73 Å². The van der Waals surface area contributed by atoms with Gasteiger partial charge in [-0.3, -0.25) is 4.99 Å². The largest absolute Gasteiger partial charge is 0.573 e. The summed E-state index contributed by atoms with van der Waals surface area (Å²) in [5, 5.41) is 3.06. The number of nitrogens with one attached hydrogen (secondary N) is 1. The lowest BCUT2D eigenvalue weighted by Gasteiger charge is -2.13. The van der Waals surface area contributed by atoms with Gasteiger partial charge in [0.25, 0.3) is 0 Å². The molecule has 9 heteroatoms. The summed E-state index contributed by atoms with van der Waals surface area (Å²) in [6.07, 6.45) is -0.299. The lowest BCUT2D eigenvalue weighted by atomic mass is 10.1. The first-order valence-electron chi connectivity index (χ1n) is 9.26. The highest BCUT2D eigenvalue weighted by Crippen LogP contribution is 2.27. The van der Waals surface area contributed by atoms with Crippen LogP contribution in [0.2, 0.25) is 0 Å². The molecule has 0 spiro atoms. The minimum Gasteiger partial charge on any atom is -0.406 e. The Kier molecular flexibility index (Phi) is 6.86. The van der Waals surface area contributed by atoms with Gasteiger partial charge in [-0.05, 0) is 36.8 Å². The predicted octanol–water partition coefficient (Wildman–Crippen LogP) is 5.00. The summed E-state index contributed by atoms with van der Waals surface area (Å²) in [6.45, 7) is 2.31. The van der Waals surface area contributed by atoms with Crippen molar-refractivity contribution in [2.24, 2.45) is 10.7 Å². The number of anilines is 2. The number of alkyl halides is 3. The van der Waals surface area contributed by atoms with Gasteiger partial charge in [-0.15, -0.1) is 13.2 Å². The van der Waals surface area contributed by atoms with Crippen LogP contribution >= 0.6 is 0 Å². The van der Waals surface area contributed by atoms with E-state index < -0.39 is 6.36 Å². The molecule has 0 radical (unpaired) electrons. The van der Waals surface area contributed by atoms with Crippen LogP contribution in [0.4, 0.5) is 24.7 Å². The number of nitrogens with two attached hydrogens (primary N) is 1. The number of benzene rings is 2. The van der Waals surface area contributed by atoms with Crippen LogP contribution in [0.1, 0.15) is 16.8 Å². The molecule has 1 heterocycles. The molecule has 0 saturated heterocycles. The molecule has 0 unspecified atom stereocenters. The monoisotopic (exact) mass is 427 g/mol. The molecular weight excluding hydrogens is 407 g/mol. The van der Waals surface area contributed by atoms with E-state index in [2.05, 4.69) is 25.0 Å². The third-order valence-corrected chi connectivity index (χ3v) is 4.23. The van der Waals surface area contributed by atoms with Crippen LogP contribution in [-0.2, 0) is 6.54 Å². The van der Waals surface area contributed by atoms with Gasteiger partial charge in [-0.25, -0.2) is 9.97 Å². The summed E-state index contributed by atoms with van der Waals surface area (Å²) in [5.41, 5.74) is 9.31. The number of nitrogens with zero attached hydrogens (tertiary/aromatic N) is 3. The molecule has 0 aliphatic rings. The highest BCUT2D eigenvalue weighted by atomic mass is 19.4. The average molecular weight is 427 g/mol. The van der Waals surface area contributed by atoms with E-state index in [1.807, 2.05) is 37.3 Å². The van der Waals surface area contributed by atoms with E-state index in [0.717, 1.165) is 5.56 Å². The summed E-state index contributed by atoms with van der Waals surface area (Å²) in [7, 11) is 0. The van der Waals surface area contributed by atoms with E-state index in [1.165, 1.54) is 36.8 Å². The molecule has 0 atom stereocenters. The maximum absolute atomic E-state index is 12.3. The highest BCUT2D eigenvalue weighted by Gasteiger charge is 2.30. The van der Waals surface area contributed by atoms with Gasteiger partial charge in [0.1, 0.15) is 17.9 Å². The molecule has 0 amide bonds. The van der Waals surface area contributed by atoms with Gasteiger partial charge in [-0.1, -0.05) is 30.3 Å². The average Bonchev–Trinajstić information content (AvgIpc) is 2.74. The minimum atomic E-state index is -4.74. The van der Waals surface area contributed by atoms with Crippen molar-refractivity contribution >= 4 is 23.3 Å². The molecule has 1 aromatic heterocycles. The Bertz CT molecular complexity index is 1060. The summed E-state index contributed by atoms with van der Waals surface area (Å²) in [5.74, 6) is 0.187. The number of aliphatic imine (C=N–C) groups is 1. The molecule has 3 aromatic rings. The summed E-state index contributed by atoms with van der Waals surface area (Å²) in [4.78, 5) is 12.9.